The summed E-state index contributed by atoms with van der Waals surface area (Å²) in [6, 6.07) is 5.55. The van der Waals surface area contributed by atoms with Crippen molar-refractivity contribution in [3.8, 4) is 0 Å². The van der Waals surface area contributed by atoms with Crippen LogP contribution in [0.1, 0.15) is 6.42 Å². The molecule has 0 fully saturated rings. The van der Waals surface area contributed by atoms with E-state index in [1.165, 1.54) is 0 Å². The van der Waals surface area contributed by atoms with Crippen LogP contribution in [0.5, 0.6) is 0 Å². The summed E-state index contributed by atoms with van der Waals surface area (Å²) >= 11 is 3.37. The standard InChI is InChI=1S/C12H14BrN3O/c1-14-5-2-6-16-8-15-11-4-3-9(13)7-10(11)12(16)17/h3-4,7-8,14H,2,5-6H2,1H3. The predicted octanol–water partition coefficient (Wildman–Crippen LogP) is 1.77. The topological polar surface area (TPSA) is 46.9 Å². The van der Waals surface area contributed by atoms with Crippen LogP contribution >= 0.6 is 15.9 Å². The van der Waals surface area contributed by atoms with Crippen molar-refractivity contribution >= 4 is 26.8 Å². The van der Waals surface area contributed by atoms with Crippen molar-refractivity contribution in [3.05, 3.63) is 39.4 Å². The van der Waals surface area contributed by atoms with Gasteiger partial charge in [0.2, 0.25) is 0 Å². The van der Waals surface area contributed by atoms with Gasteiger partial charge in [-0.1, -0.05) is 15.9 Å². The van der Waals surface area contributed by atoms with E-state index in [0.717, 1.165) is 23.0 Å². The van der Waals surface area contributed by atoms with Gasteiger partial charge in [-0.05, 0) is 38.2 Å². The van der Waals surface area contributed by atoms with E-state index in [1.807, 2.05) is 25.2 Å². The molecular weight excluding hydrogens is 282 g/mol. The van der Waals surface area contributed by atoms with E-state index in [4.69, 9.17) is 0 Å². The summed E-state index contributed by atoms with van der Waals surface area (Å²) in [5.41, 5.74) is 0.760. The second-order valence-corrected chi connectivity index (χ2v) is 4.78. The smallest absolute Gasteiger partial charge is 0.261 e. The molecular formula is C12H14BrN3O. The van der Waals surface area contributed by atoms with Gasteiger partial charge in [0, 0.05) is 11.0 Å². The summed E-state index contributed by atoms with van der Waals surface area (Å²) in [6.07, 6.45) is 2.53. The number of nitrogens with zero attached hydrogens (tertiary/aromatic N) is 2. The number of hydrogen-bond donors (Lipinski definition) is 1. The molecule has 0 saturated carbocycles. The number of rotatable bonds is 4. The molecule has 0 amide bonds. The molecule has 1 aromatic carbocycles. The molecule has 5 heteroatoms. The first kappa shape index (κ1) is 12.3. The second-order valence-electron chi connectivity index (χ2n) is 3.86. The molecule has 17 heavy (non-hydrogen) atoms. The van der Waals surface area contributed by atoms with Crippen LogP contribution in [0, 0.1) is 0 Å². The SMILES string of the molecule is CNCCCn1cnc2ccc(Br)cc2c1=O. The van der Waals surface area contributed by atoms with Gasteiger partial charge in [0.25, 0.3) is 5.56 Å². The van der Waals surface area contributed by atoms with Gasteiger partial charge in [-0.15, -0.1) is 0 Å². The number of hydrogen-bond acceptors (Lipinski definition) is 3. The third kappa shape index (κ3) is 2.73. The Hall–Kier alpha value is -1.20. The summed E-state index contributed by atoms with van der Waals surface area (Å²) in [5, 5.41) is 3.72. The summed E-state index contributed by atoms with van der Waals surface area (Å²) in [6.45, 7) is 1.58. The Labute approximate surface area is 108 Å². The minimum absolute atomic E-state index is 0.0207. The van der Waals surface area contributed by atoms with E-state index >= 15 is 0 Å². The molecule has 1 N–H and O–H groups in total. The number of aromatic nitrogens is 2. The van der Waals surface area contributed by atoms with E-state index in [1.54, 1.807) is 10.9 Å². The zero-order valence-electron chi connectivity index (χ0n) is 9.61. The van der Waals surface area contributed by atoms with Crippen molar-refractivity contribution in [1.82, 2.24) is 14.9 Å². The van der Waals surface area contributed by atoms with Gasteiger partial charge in [0.05, 0.1) is 17.2 Å². The van der Waals surface area contributed by atoms with Crippen LogP contribution < -0.4 is 10.9 Å². The summed E-state index contributed by atoms with van der Waals surface area (Å²) in [5.74, 6) is 0. The van der Waals surface area contributed by atoms with Crippen LogP contribution in [0.2, 0.25) is 0 Å². The third-order valence-corrected chi connectivity index (χ3v) is 3.11. The fraction of sp³-hybridized carbons (Fsp3) is 0.333. The zero-order chi connectivity index (χ0) is 12.3. The Morgan fingerprint density at radius 3 is 3.06 bits per heavy atom. The van der Waals surface area contributed by atoms with Gasteiger partial charge in [0.1, 0.15) is 0 Å². The largest absolute Gasteiger partial charge is 0.320 e. The normalized spacial score (nSPS) is 10.9. The second kappa shape index (κ2) is 5.42. The maximum Gasteiger partial charge on any atom is 0.261 e. The first-order chi connectivity index (χ1) is 8.22. The quantitative estimate of drug-likeness (QED) is 0.875. The van der Waals surface area contributed by atoms with Gasteiger partial charge in [0.15, 0.2) is 0 Å². The molecule has 0 atom stereocenters. The van der Waals surface area contributed by atoms with Crippen molar-refractivity contribution in [1.29, 1.82) is 0 Å². The summed E-state index contributed by atoms with van der Waals surface area (Å²) in [7, 11) is 1.90. The van der Waals surface area contributed by atoms with Crippen molar-refractivity contribution in [2.24, 2.45) is 0 Å². The van der Waals surface area contributed by atoms with Gasteiger partial charge >= 0.3 is 0 Å². The highest BCUT2D eigenvalue weighted by Gasteiger charge is 2.04. The number of halogens is 1. The Balaban J connectivity index is 2.39. The molecule has 0 saturated heterocycles. The molecule has 4 nitrogen and oxygen atoms in total. The molecule has 1 heterocycles. The van der Waals surface area contributed by atoms with Gasteiger partial charge in [-0.25, -0.2) is 4.98 Å². The highest BCUT2D eigenvalue weighted by atomic mass is 79.9. The molecule has 2 rings (SSSR count). The molecule has 2 aromatic rings. The fourth-order valence-electron chi connectivity index (χ4n) is 1.72. The third-order valence-electron chi connectivity index (χ3n) is 2.61. The Morgan fingerprint density at radius 1 is 1.47 bits per heavy atom. The van der Waals surface area contributed by atoms with Crippen LogP contribution in [0.15, 0.2) is 33.8 Å². The van der Waals surface area contributed by atoms with Crippen molar-refractivity contribution in [2.45, 2.75) is 13.0 Å². The lowest BCUT2D eigenvalue weighted by Crippen LogP contribution is -2.22. The highest BCUT2D eigenvalue weighted by molar-refractivity contribution is 9.10. The highest BCUT2D eigenvalue weighted by Crippen LogP contribution is 2.14. The summed E-state index contributed by atoms with van der Waals surface area (Å²) < 4.78 is 2.56. The van der Waals surface area contributed by atoms with Crippen molar-refractivity contribution in [3.63, 3.8) is 0 Å². The lowest BCUT2D eigenvalue weighted by molar-refractivity contribution is 0.594. The monoisotopic (exact) mass is 295 g/mol. The van der Waals surface area contributed by atoms with Gasteiger partial charge in [-0.2, -0.15) is 0 Å². The minimum atomic E-state index is 0.0207. The van der Waals surface area contributed by atoms with Crippen LogP contribution in [0.4, 0.5) is 0 Å². The molecule has 0 unspecified atom stereocenters. The maximum absolute atomic E-state index is 12.2. The lowest BCUT2D eigenvalue weighted by atomic mass is 10.2. The maximum atomic E-state index is 12.2. The number of fused-ring (bicyclic) bond motifs is 1. The first-order valence-corrected chi connectivity index (χ1v) is 6.31. The number of nitrogens with one attached hydrogen (secondary N) is 1. The van der Waals surface area contributed by atoms with Crippen LogP contribution in [0.25, 0.3) is 10.9 Å². The van der Waals surface area contributed by atoms with E-state index in [9.17, 15) is 4.79 Å². The van der Waals surface area contributed by atoms with Crippen LogP contribution in [0.3, 0.4) is 0 Å². The molecule has 1 aromatic heterocycles. The summed E-state index contributed by atoms with van der Waals surface area (Å²) in [4.78, 5) is 16.4. The van der Waals surface area contributed by atoms with E-state index < -0.39 is 0 Å². The van der Waals surface area contributed by atoms with Crippen LogP contribution in [-0.2, 0) is 6.54 Å². The van der Waals surface area contributed by atoms with Crippen molar-refractivity contribution < 1.29 is 0 Å². The van der Waals surface area contributed by atoms with Crippen molar-refractivity contribution in [2.75, 3.05) is 13.6 Å². The van der Waals surface area contributed by atoms with E-state index in [2.05, 4.69) is 26.2 Å². The first-order valence-electron chi connectivity index (χ1n) is 5.51. The molecule has 0 aliphatic rings. The number of benzene rings is 1. The Morgan fingerprint density at radius 2 is 2.29 bits per heavy atom. The zero-order valence-corrected chi connectivity index (χ0v) is 11.2. The lowest BCUT2D eigenvalue weighted by Gasteiger charge is -2.06. The Bertz CT molecular complexity index is 579. The Kier molecular flexibility index (Phi) is 3.91. The molecule has 0 spiro atoms. The number of aryl methyl sites for hydroxylation is 1. The van der Waals surface area contributed by atoms with E-state index in [-0.39, 0.29) is 5.56 Å². The average molecular weight is 296 g/mol. The molecule has 90 valence electrons. The van der Waals surface area contributed by atoms with E-state index in [0.29, 0.717) is 11.9 Å². The molecule has 0 aliphatic carbocycles. The molecule has 0 radical (unpaired) electrons. The fourth-order valence-corrected chi connectivity index (χ4v) is 2.08. The van der Waals surface area contributed by atoms with Gasteiger partial charge in [-0.3, -0.25) is 9.36 Å². The predicted molar refractivity (Wildman–Crippen MR) is 72.2 cm³/mol. The van der Waals surface area contributed by atoms with Gasteiger partial charge < -0.3 is 5.32 Å². The van der Waals surface area contributed by atoms with Crippen LogP contribution in [-0.4, -0.2) is 23.1 Å². The molecule has 0 aliphatic heterocycles. The molecule has 0 bridgehead atoms. The average Bonchev–Trinajstić information content (AvgIpc) is 2.33. The minimum Gasteiger partial charge on any atom is -0.320 e.